The molecule has 5 aromatic heterocycles. The predicted molar refractivity (Wildman–Crippen MR) is 252 cm³/mol. The molecule has 0 fully saturated rings. The highest BCUT2D eigenvalue weighted by Crippen LogP contribution is 2.61. The molecule has 0 atom stereocenters. The highest BCUT2D eigenvalue weighted by molar-refractivity contribution is 8.24. The average Bonchev–Trinajstić information content (AvgIpc) is 4.13. The van der Waals surface area contributed by atoms with Crippen LogP contribution in [-0.4, -0.2) is 61.5 Å². The fraction of sp³-hybridized carbons (Fsp3) is 0.250. The third-order valence-electron chi connectivity index (χ3n) is 9.82. The molecule has 0 bridgehead atoms. The molecule has 2 aliphatic rings. The highest BCUT2D eigenvalue weighted by atomic mass is 36.0. The lowest BCUT2D eigenvalue weighted by Gasteiger charge is -2.18. The van der Waals surface area contributed by atoms with Crippen LogP contribution in [0.2, 0.25) is 0 Å². The van der Waals surface area contributed by atoms with Crippen LogP contribution in [0.5, 0.6) is 11.5 Å². The maximum Gasteiger partial charge on any atom is 0.339 e. The number of hydrogen-bond acceptors (Lipinski definition) is 15. The van der Waals surface area contributed by atoms with E-state index in [-0.39, 0.29) is 30.6 Å². The van der Waals surface area contributed by atoms with Gasteiger partial charge in [-0.3, -0.25) is 44.0 Å². The molecule has 2 aliphatic heterocycles. The number of benzene rings is 2. The van der Waals surface area contributed by atoms with E-state index >= 15 is 0 Å². The van der Waals surface area contributed by atoms with E-state index < -0.39 is 5.20 Å². The van der Waals surface area contributed by atoms with Crippen molar-refractivity contribution in [3.63, 3.8) is 0 Å². The van der Waals surface area contributed by atoms with Crippen molar-refractivity contribution in [1.82, 2.24) is 35.0 Å². The second-order valence-electron chi connectivity index (χ2n) is 14.6. The largest absolute Gasteiger partial charge is 0.497 e. The number of carbonyl (C=O) groups excluding carboxylic acids is 3. The Morgan fingerprint density at radius 2 is 1.24 bits per heavy atom. The summed E-state index contributed by atoms with van der Waals surface area (Å²) in [5.41, 5.74) is 9.28. The van der Waals surface area contributed by atoms with Gasteiger partial charge in [0.25, 0.3) is 0 Å². The summed E-state index contributed by atoms with van der Waals surface area (Å²) in [6, 6.07) is 24.2. The predicted octanol–water partition coefficient (Wildman–Crippen LogP) is 9.05. The van der Waals surface area contributed by atoms with E-state index in [1.54, 1.807) is 36.2 Å². The van der Waals surface area contributed by atoms with Gasteiger partial charge >= 0.3 is 5.20 Å². The van der Waals surface area contributed by atoms with Gasteiger partial charge in [-0.2, -0.15) is 5.26 Å². The number of aryl methyl sites for hydroxylation is 3. The first kappa shape index (κ1) is 49.5. The fourth-order valence-electron chi connectivity index (χ4n) is 6.89. The van der Waals surface area contributed by atoms with Crippen LogP contribution >= 0.6 is 38.9 Å². The lowest BCUT2D eigenvalue weighted by atomic mass is 10.2. The first-order valence-corrected chi connectivity index (χ1v) is 24.5. The number of fused-ring (bicyclic) bond motifs is 4. The quantitative estimate of drug-likeness (QED) is 0.0960. The molecule has 0 aliphatic carbocycles. The Balaban J connectivity index is 0.000000191. The van der Waals surface area contributed by atoms with Gasteiger partial charge in [-0.15, -0.1) is 10.2 Å². The van der Waals surface area contributed by atoms with Gasteiger partial charge in [-0.1, -0.05) is 24.3 Å². The maximum absolute atomic E-state index is 12.8. The number of furan rings is 2. The van der Waals surface area contributed by atoms with Crippen molar-refractivity contribution in [3.8, 4) is 40.7 Å². The molecule has 2 N–H and O–H groups in total. The number of nitrogens with zero attached hydrogens (tertiary/aromatic N) is 9. The molecule has 0 unspecified atom stereocenters. The van der Waals surface area contributed by atoms with Gasteiger partial charge in [-0.05, 0) is 114 Å². The van der Waals surface area contributed by atoms with Crippen molar-refractivity contribution in [2.45, 2.75) is 60.5 Å². The molecule has 3 amide bonds. The van der Waals surface area contributed by atoms with Crippen molar-refractivity contribution < 1.29 is 37.3 Å². The van der Waals surface area contributed by atoms with E-state index in [1.807, 2.05) is 91.9 Å². The first-order chi connectivity index (χ1) is 31.9. The summed E-state index contributed by atoms with van der Waals surface area (Å²) in [6.07, 6.45) is 0.377. The van der Waals surface area contributed by atoms with Gasteiger partial charge < -0.3 is 18.3 Å². The summed E-state index contributed by atoms with van der Waals surface area (Å²) in [4.78, 5) is 54.2. The number of amides is 3. The molecule has 9 rings (SSSR count). The van der Waals surface area contributed by atoms with Crippen LogP contribution < -0.4 is 30.1 Å². The van der Waals surface area contributed by atoms with E-state index in [0.717, 1.165) is 39.7 Å². The Morgan fingerprint density at radius 1 is 0.761 bits per heavy atom. The second kappa shape index (κ2) is 21.6. The van der Waals surface area contributed by atoms with Gasteiger partial charge in [0, 0.05) is 25.0 Å². The second-order valence-corrected chi connectivity index (χ2v) is 21.2. The molecule has 348 valence electrons. The Labute approximate surface area is 398 Å². The van der Waals surface area contributed by atoms with Gasteiger partial charge in [0.15, 0.2) is 34.6 Å². The van der Waals surface area contributed by atoms with Gasteiger partial charge in [0.05, 0.1) is 46.2 Å². The molecule has 0 saturated carbocycles. The van der Waals surface area contributed by atoms with Crippen LogP contribution in [-0.2, 0) is 44.9 Å². The Kier molecular flexibility index (Phi) is 15.9. The monoisotopic (exact) mass is 989 g/mol. The van der Waals surface area contributed by atoms with Gasteiger partial charge in [0.2, 0.25) is 17.7 Å². The summed E-state index contributed by atoms with van der Waals surface area (Å²) in [6.45, 7) is 9.15. The van der Waals surface area contributed by atoms with Crippen molar-refractivity contribution in [1.29, 1.82) is 5.26 Å². The highest BCUT2D eigenvalue weighted by Gasteiger charge is 2.35. The molecule has 0 spiro atoms. The molecule has 23 heteroatoms. The summed E-state index contributed by atoms with van der Waals surface area (Å²) in [5.74, 6) is 6.78. The molecule has 7 heterocycles. The van der Waals surface area contributed by atoms with E-state index in [0.29, 0.717) is 70.7 Å². The smallest absolute Gasteiger partial charge is 0.339 e. The molecular weight excluding hydrogens is 948 g/mol. The van der Waals surface area contributed by atoms with Crippen LogP contribution in [0.3, 0.4) is 0 Å². The number of carbonyl (C=O) groups is 3. The number of anilines is 3. The lowest BCUT2D eigenvalue weighted by molar-refractivity contribution is -0.119. The molecule has 7 aromatic rings. The van der Waals surface area contributed by atoms with Crippen molar-refractivity contribution in [2.24, 2.45) is 0 Å². The van der Waals surface area contributed by atoms with Gasteiger partial charge in [0.1, 0.15) is 40.5 Å². The SMILES string of the molecule is CC#N.COc1ccc(CN2C(=O)Cc3c(NNC(C)=O)nc(-c4ccc(C)o4)nc32)cc1.COc1ccc(CN2C(=O)Cc3c2nc(-c2ccc(C)o2)n2c(C)nnc32)cc1.O=P(Cl)(Cl)Cl. The third kappa shape index (κ3) is 12.3. The normalized spacial score (nSPS) is 12.4. The topological polar surface area (TPSA) is 236 Å². The number of rotatable bonds is 10. The Hall–Kier alpha value is -6.97. The zero-order chi connectivity index (χ0) is 48.6. The summed E-state index contributed by atoms with van der Waals surface area (Å²) >= 11 is 13.8. The first-order valence-electron chi connectivity index (χ1n) is 20.1. The zero-order valence-electron chi connectivity index (χ0n) is 37.1. The van der Waals surface area contributed by atoms with Crippen molar-refractivity contribution in [3.05, 3.63) is 112 Å². The number of nitriles is 1. The fourth-order valence-corrected chi connectivity index (χ4v) is 6.89. The zero-order valence-corrected chi connectivity index (χ0v) is 40.3. The van der Waals surface area contributed by atoms with Gasteiger partial charge in [-0.25, -0.2) is 15.0 Å². The Bertz CT molecular complexity index is 3010. The molecule has 0 saturated heterocycles. The van der Waals surface area contributed by atoms with Crippen LogP contribution in [0, 0.1) is 32.1 Å². The van der Waals surface area contributed by atoms with Crippen molar-refractivity contribution in [2.75, 3.05) is 29.4 Å². The lowest BCUT2D eigenvalue weighted by Crippen LogP contribution is -2.28. The minimum Gasteiger partial charge on any atom is -0.497 e. The van der Waals surface area contributed by atoms with Crippen LogP contribution in [0.25, 0.3) is 28.8 Å². The number of methoxy groups -OCH3 is 2. The van der Waals surface area contributed by atoms with E-state index in [2.05, 4.69) is 64.7 Å². The molecule has 0 radical (unpaired) electrons. The number of hydrazine groups is 1. The number of halogens is 3. The van der Waals surface area contributed by atoms with E-state index in [4.69, 9.17) is 28.6 Å². The molecule has 2 aromatic carbocycles. The molecule has 19 nitrogen and oxygen atoms in total. The number of ether oxygens (including phenoxy) is 2. The number of hydrogen-bond donors (Lipinski definition) is 2. The van der Waals surface area contributed by atoms with Crippen LogP contribution in [0.1, 0.15) is 53.4 Å². The average molecular weight is 991 g/mol. The van der Waals surface area contributed by atoms with Crippen LogP contribution in [0.4, 0.5) is 17.5 Å². The Morgan fingerprint density at radius 3 is 1.70 bits per heavy atom. The molecular formula is C44H43Cl3N11O8P. The number of nitrogens with one attached hydrogen (secondary N) is 2. The van der Waals surface area contributed by atoms with E-state index in [9.17, 15) is 18.9 Å². The molecule has 67 heavy (non-hydrogen) atoms. The minimum absolute atomic E-state index is 0.0151. The standard InChI is InChI=1S/C21H21N5O4.C21H19N5O3.C2H3N.Cl3OP/c1-12-4-9-17(30-12)20-22-19(25-24-13(2)27)16-10-18(28)26(21(16)23-20)11-14-5-7-15(29-3)8-6-14;1-12-4-9-17(29-12)21-22-19-16(20-24-23-13(2)26(20)21)10-18(27)25(19)11-14-5-7-15(28-3)8-6-14;1-2-3;1-5(2,3)4/h4-9H,10-11H2,1-3H3,(H,24,27)(H,22,23,25);4-9H,10-11H2,1-3H3;1H3;. The summed E-state index contributed by atoms with van der Waals surface area (Å²) < 4.78 is 33.2. The summed E-state index contributed by atoms with van der Waals surface area (Å²) in [5, 5.41) is 12.6. The maximum atomic E-state index is 12.8. The summed E-state index contributed by atoms with van der Waals surface area (Å²) in [7, 11) is 3.23. The third-order valence-corrected chi connectivity index (χ3v) is 9.82. The number of aromatic nitrogens is 6. The van der Waals surface area contributed by atoms with Crippen LogP contribution in [0.15, 0.2) is 81.6 Å². The van der Waals surface area contributed by atoms with E-state index in [1.165, 1.54) is 13.8 Å². The minimum atomic E-state index is -3.22. The van der Waals surface area contributed by atoms with Crippen molar-refractivity contribution >= 4 is 79.7 Å².